The van der Waals surface area contributed by atoms with Crippen molar-refractivity contribution in [3.63, 3.8) is 0 Å². The highest BCUT2D eigenvalue weighted by molar-refractivity contribution is 8.00. The highest BCUT2D eigenvalue weighted by Crippen LogP contribution is 2.22. The molecular formula is C13H21N7OS. The van der Waals surface area contributed by atoms with Crippen molar-refractivity contribution in [2.75, 3.05) is 12.4 Å². The lowest BCUT2D eigenvalue weighted by Gasteiger charge is -2.10. The van der Waals surface area contributed by atoms with Crippen molar-refractivity contribution in [3.05, 3.63) is 17.5 Å². The third-order valence-electron chi connectivity index (χ3n) is 3.05. The highest BCUT2D eigenvalue weighted by Gasteiger charge is 2.20. The zero-order valence-electron chi connectivity index (χ0n) is 13.2. The number of carbonyl (C=O) groups is 1. The SMILES string of the molecule is CCCNC(=O)[C@H](C)Sc1nnc(-n2nc(C)cc2C)n1N. The van der Waals surface area contributed by atoms with Crippen LogP contribution in [-0.2, 0) is 4.79 Å². The second kappa shape index (κ2) is 6.82. The molecule has 0 saturated heterocycles. The number of aryl methyl sites for hydroxylation is 2. The van der Waals surface area contributed by atoms with E-state index in [2.05, 4.69) is 20.6 Å². The molecule has 0 aliphatic rings. The molecule has 1 amide bonds. The molecule has 2 rings (SSSR count). The van der Waals surface area contributed by atoms with Gasteiger partial charge in [-0.2, -0.15) is 5.10 Å². The summed E-state index contributed by atoms with van der Waals surface area (Å²) >= 11 is 1.27. The summed E-state index contributed by atoms with van der Waals surface area (Å²) in [6, 6.07) is 1.93. The lowest BCUT2D eigenvalue weighted by molar-refractivity contribution is -0.120. The molecule has 0 aliphatic carbocycles. The van der Waals surface area contributed by atoms with Crippen molar-refractivity contribution < 1.29 is 4.79 Å². The summed E-state index contributed by atoms with van der Waals surface area (Å²) in [5, 5.41) is 15.5. The number of nitrogens with one attached hydrogen (secondary N) is 1. The van der Waals surface area contributed by atoms with Gasteiger partial charge in [-0.15, -0.1) is 10.2 Å². The fourth-order valence-corrected chi connectivity index (χ4v) is 2.72. The van der Waals surface area contributed by atoms with Crippen LogP contribution in [0, 0.1) is 13.8 Å². The van der Waals surface area contributed by atoms with Crippen LogP contribution < -0.4 is 11.2 Å². The second-order valence-corrected chi connectivity index (χ2v) is 6.35. The fraction of sp³-hybridized carbons (Fsp3) is 0.538. The molecule has 9 heteroatoms. The minimum Gasteiger partial charge on any atom is -0.355 e. The smallest absolute Gasteiger partial charge is 0.271 e. The topological polar surface area (TPSA) is 104 Å². The Kier molecular flexibility index (Phi) is 5.07. The first kappa shape index (κ1) is 16.3. The maximum Gasteiger partial charge on any atom is 0.271 e. The van der Waals surface area contributed by atoms with Gasteiger partial charge in [-0.3, -0.25) is 4.79 Å². The summed E-state index contributed by atoms with van der Waals surface area (Å²) in [6.45, 7) is 8.30. The Hall–Kier alpha value is -2.03. The van der Waals surface area contributed by atoms with Gasteiger partial charge in [0.1, 0.15) is 0 Å². The summed E-state index contributed by atoms with van der Waals surface area (Å²) in [5.74, 6) is 6.43. The number of thioether (sulfide) groups is 1. The van der Waals surface area contributed by atoms with Crippen LogP contribution >= 0.6 is 11.8 Å². The summed E-state index contributed by atoms with van der Waals surface area (Å²) in [7, 11) is 0. The average Bonchev–Trinajstić information content (AvgIpc) is 2.99. The van der Waals surface area contributed by atoms with Gasteiger partial charge in [-0.25, -0.2) is 9.36 Å². The predicted molar refractivity (Wildman–Crippen MR) is 85.4 cm³/mol. The second-order valence-electron chi connectivity index (χ2n) is 5.04. The van der Waals surface area contributed by atoms with E-state index in [9.17, 15) is 4.79 Å². The normalized spacial score (nSPS) is 12.4. The minimum atomic E-state index is -0.300. The first-order valence-electron chi connectivity index (χ1n) is 7.12. The van der Waals surface area contributed by atoms with E-state index >= 15 is 0 Å². The van der Waals surface area contributed by atoms with Crippen LogP contribution in [0.2, 0.25) is 0 Å². The van der Waals surface area contributed by atoms with Gasteiger partial charge in [0.15, 0.2) is 0 Å². The van der Waals surface area contributed by atoms with Gasteiger partial charge < -0.3 is 11.2 Å². The molecule has 1 atom stereocenters. The Bertz CT molecular complexity index is 663. The molecule has 0 aromatic carbocycles. The number of aromatic nitrogens is 5. The van der Waals surface area contributed by atoms with Crippen molar-refractivity contribution in [3.8, 4) is 5.95 Å². The standard InChI is InChI=1S/C13H21N7OS/c1-5-6-15-11(21)10(4)22-13-17-16-12(19(13)14)20-9(3)7-8(2)18-20/h7,10H,5-6,14H2,1-4H3,(H,15,21)/t10-/m0/s1. The van der Waals surface area contributed by atoms with Gasteiger partial charge >= 0.3 is 0 Å². The van der Waals surface area contributed by atoms with Gasteiger partial charge in [-0.05, 0) is 33.3 Å². The van der Waals surface area contributed by atoms with Crippen LogP contribution in [0.4, 0.5) is 0 Å². The molecule has 8 nitrogen and oxygen atoms in total. The maximum atomic E-state index is 11.9. The van der Waals surface area contributed by atoms with Crippen molar-refractivity contribution in [2.45, 2.75) is 44.5 Å². The number of rotatable bonds is 6. The molecule has 120 valence electrons. The summed E-state index contributed by atoms with van der Waals surface area (Å²) in [4.78, 5) is 11.9. The highest BCUT2D eigenvalue weighted by atomic mass is 32.2. The molecule has 0 radical (unpaired) electrons. The number of hydrogen-bond acceptors (Lipinski definition) is 6. The molecule has 22 heavy (non-hydrogen) atoms. The summed E-state index contributed by atoms with van der Waals surface area (Å²) in [6.07, 6.45) is 0.901. The molecule has 0 fully saturated rings. The van der Waals surface area contributed by atoms with E-state index in [0.29, 0.717) is 17.6 Å². The van der Waals surface area contributed by atoms with Crippen LogP contribution in [0.5, 0.6) is 0 Å². The van der Waals surface area contributed by atoms with E-state index in [4.69, 9.17) is 5.84 Å². The van der Waals surface area contributed by atoms with Crippen LogP contribution in [0.25, 0.3) is 5.95 Å². The van der Waals surface area contributed by atoms with Crippen LogP contribution in [-0.4, -0.2) is 42.4 Å². The van der Waals surface area contributed by atoms with Gasteiger partial charge in [0.05, 0.1) is 10.9 Å². The largest absolute Gasteiger partial charge is 0.355 e. The van der Waals surface area contributed by atoms with Gasteiger partial charge in [-0.1, -0.05) is 18.7 Å². The molecule has 2 aromatic heterocycles. The Morgan fingerprint density at radius 2 is 2.18 bits per heavy atom. The Morgan fingerprint density at radius 1 is 1.45 bits per heavy atom. The molecule has 0 aliphatic heterocycles. The Labute approximate surface area is 133 Å². The molecule has 3 N–H and O–H groups in total. The molecule has 2 heterocycles. The number of nitrogen functional groups attached to an aromatic ring is 1. The first-order valence-corrected chi connectivity index (χ1v) is 8.00. The van der Waals surface area contributed by atoms with Crippen molar-refractivity contribution >= 4 is 17.7 Å². The first-order chi connectivity index (χ1) is 10.4. The van der Waals surface area contributed by atoms with Crippen molar-refractivity contribution in [1.82, 2.24) is 30.0 Å². The van der Waals surface area contributed by atoms with E-state index in [1.54, 1.807) is 4.68 Å². The van der Waals surface area contributed by atoms with Crippen molar-refractivity contribution in [2.24, 2.45) is 0 Å². The zero-order chi connectivity index (χ0) is 16.3. The molecule has 0 saturated carbocycles. The Balaban J connectivity index is 2.14. The lowest BCUT2D eigenvalue weighted by Crippen LogP contribution is -2.31. The quantitative estimate of drug-likeness (QED) is 0.602. The number of nitrogens with zero attached hydrogens (tertiary/aromatic N) is 5. The molecule has 2 aromatic rings. The number of carbonyl (C=O) groups excluding carboxylic acids is 1. The Morgan fingerprint density at radius 3 is 2.77 bits per heavy atom. The van der Waals surface area contributed by atoms with Crippen LogP contribution in [0.3, 0.4) is 0 Å². The lowest BCUT2D eigenvalue weighted by atomic mass is 10.4. The monoisotopic (exact) mass is 323 g/mol. The number of amides is 1. The number of hydrogen-bond donors (Lipinski definition) is 2. The third-order valence-corrected chi connectivity index (χ3v) is 4.10. The summed E-state index contributed by atoms with van der Waals surface area (Å²) < 4.78 is 2.99. The van der Waals surface area contributed by atoms with E-state index in [-0.39, 0.29) is 11.2 Å². The molecule has 0 spiro atoms. The number of nitrogens with two attached hydrogens (primary N) is 1. The minimum absolute atomic E-state index is 0.0393. The zero-order valence-corrected chi connectivity index (χ0v) is 14.0. The van der Waals surface area contributed by atoms with Crippen LogP contribution in [0.15, 0.2) is 11.2 Å². The molecular weight excluding hydrogens is 302 g/mol. The van der Waals surface area contributed by atoms with Gasteiger partial charge in [0.25, 0.3) is 5.95 Å². The van der Waals surface area contributed by atoms with Gasteiger partial charge in [0.2, 0.25) is 11.1 Å². The van der Waals surface area contributed by atoms with Gasteiger partial charge in [0, 0.05) is 12.2 Å². The fourth-order valence-electron chi connectivity index (χ4n) is 1.93. The molecule has 0 unspecified atom stereocenters. The van der Waals surface area contributed by atoms with Crippen LogP contribution in [0.1, 0.15) is 31.7 Å². The van der Waals surface area contributed by atoms with Crippen molar-refractivity contribution in [1.29, 1.82) is 0 Å². The van der Waals surface area contributed by atoms with E-state index in [1.807, 2.05) is 33.8 Å². The van der Waals surface area contributed by atoms with E-state index < -0.39 is 0 Å². The maximum absolute atomic E-state index is 11.9. The van der Waals surface area contributed by atoms with E-state index in [1.165, 1.54) is 16.4 Å². The third kappa shape index (κ3) is 3.41. The average molecular weight is 323 g/mol. The summed E-state index contributed by atoms with van der Waals surface area (Å²) in [5.41, 5.74) is 1.80. The predicted octanol–water partition coefficient (Wildman–Crippen LogP) is 0.801. The molecule has 0 bridgehead atoms. The van der Waals surface area contributed by atoms with E-state index in [0.717, 1.165) is 17.8 Å².